The lowest BCUT2D eigenvalue weighted by Gasteiger charge is -2.24. The highest BCUT2D eigenvalue weighted by atomic mass is 32.1. The van der Waals surface area contributed by atoms with Gasteiger partial charge in [-0.2, -0.15) is 0 Å². The molecular weight excluding hydrogens is 274 g/mol. The molecule has 6 heteroatoms. The Hall–Kier alpha value is -1.53. The monoisotopic (exact) mass is 295 g/mol. The summed E-state index contributed by atoms with van der Waals surface area (Å²) in [7, 11) is 1.67. The maximum absolute atomic E-state index is 12.0. The number of rotatable bonds is 7. The Morgan fingerprint density at radius 1 is 1.50 bits per heavy atom. The summed E-state index contributed by atoms with van der Waals surface area (Å²) in [5.74, 6) is -0.204. The zero-order chi connectivity index (χ0) is 15.2. The molecule has 110 valence electrons. The standard InChI is InChI=1S/C14H21N3O2S/c1-14(2,6-7-19-3)9-17-13(18)11-5-4-10(8-16-11)12(15)20/h4-5,8H,6-7,9H2,1-3H3,(H2,15,20)(H,17,18). The van der Waals surface area contributed by atoms with E-state index in [-0.39, 0.29) is 16.3 Å². The number of hydrogen-bond acceptors (Lipinski definition) is 4. The van der Waals surface area contributed by atoms with Crippen LogP contribution < -0.4 is 11.1 Å². The third kappa shape index (κ3) is 5.22. The summed E-state index contributed by atoms with van der Waals surface area (Å²) in [6.45, 7) is 5.39. The van der Waals surface area contributed by atoms with Crippen molar-refractivity contribution < 1.29 is 9.53 Å². The Kier molecular flexibility index (Phi) is 6.04. The molecule has 0 bridgehead atoms. The van der Waals surface area contributed by atoms with Crippen molar-refractivity contribution in [3.8, 4) is 0 Å². The summed E-state index contributed by atoms with van der Waals surface area (Å²) >= 11 is 4.84. The molecule has 0 saturated heterocycles. The molecule has 0 radical (unpaired) electrons. The first-order valence-corrected chi connectivity index (χ1v) is 6.79. The van der Waals surface area contributed by atoms with Gasteiger partial charge in [-0.15, -0.1) is 0 Å². The second-order valence-electron chi connectivity index (χ2n) is 5.39. The number of pyridine rings is 1. The van der Waals surface area contributed by atoms with E-state index in [1.165, 1.54) is 6.20 Å². The van der Waals surface area contributed by atoms with Gasteiger partial charge in [0.1, 0.15) is 10.7 Å². The second kappa shape index (κ2) is 7.31. The van der Waals surface area contributed by atoms with Gasteiger partial charge in [-0.05, 0) is 24.0 Å². The molecule has 0 aliphatic heterocycles. The van der Waals surface area contributed by atoms with E-state index in [4.69, 9.17) is 22.7 Å². The van der Waals surface area contributed by atoms with E-state index in [1.807, 2.05) is 0 Å². The van der Waals surface area contributed by atoms with Crippen molar-refractivity contribution in [1.82, 2.24) is 10.3 Å². The quantitative estimate of drug-likeness (QED) is 0.746. The molecular formula is C14H21N3O2S. The molecule has 0 aromatic carbocycles. The average molecular weight is 295 g/mol. The van der Waals surface area contributed by atoms with E-state index in [1.54, 1.807) is 19.2 Å². The van der Waals surface area contributed by atoms with Crippen molar-refractivity contribution in [2.24, 2.45) is 11.1 Å². The van der Waals surface area contributed by atoms with Crippen LogP contribution in [-0.4, -0.2) is 36.1 Å². The molecule has 1 amide bonds. The van der Waals surface area contributed by atoms with Crippen molar-refractivity contribution in [2.45, 2.75) is 20.3 Å². The minimum atomic E-state index is -0.204. The number of thiocarbonyl (C=S) groups is 1. The maximum atomic E-state index is 12.0. The number of nitrogens with one attached hydrogen (secondary N) is 1. The van der Waals surface area contributed by atoms with Crippen LogP contribution >= 0.6 is 12.2 Å². The zero-order valence-electron chi connectivity index (χ0n) is 12.1. The van der Waals surface area contributed by atoms with Crippen LogP contribution in [0.4, 0.5) is 0 Å². The van der Waals surface area contributed by atoms with Gasteiger partial charge in [0.15, 0.2) is 0 Å². The third-order valence-electron chi connectivity index (χ3n) is 2.99. The van der Waals surface area contributed by atoms with Gasteiger partial charge in [0.25, 0.3) is 5.91 Å². The Bertz CT molecular complexity index is 472. The summed E-state index contributed by atoms with van der Waals surface area (Å²) < 4.78 is 5.06. The van der Waals surface area contributed by atoms with E-state index >= 15 is 0 Å². The van der Waals surface area contributed by atoms with Crippen molar-refractivity contribution in [3.63, 3.8) is 0 Å². The first-order chi connectivity index (χ1) is 9.35. The van der Waals surface area contributed by atoms with Gasteiger partial charge in [-0.25, -0.2) is 0 Å². The first kappa shape index (κ1) is 16.5. The van der Waals surface area contributed by atoms with Crippen LogP contribution in [0, 0.1) is 5.41 Å². The van der Waals surface area contributed by atoms with E-state index in [0.717, 1.165) is 6.42 Å². The minimum absolute atomic E-state index is 0.0234. The van der Waals surface area contributed by atoms with Crippen LogP contribution in [-0.2, 0) is 4.74 Å². The van der Waals surface area contributed by atoms with Gasteiger partial charge >= 0.3 is 0 Å². The number of nitrogens with zero attached hydrogens (tertiary/aromatic N) is 1. The van der Waals surface area contributed by atoms with Crippen molar-refractivity contribution in [1.29, 1.82) is 0 Å². The summed E-state index contributed by atoms with van der Waals surface area (Å²) in [5, 5.41) is 2.88. The molecule has 0 aliphatic carbocycles. The minimum Gasteiger partial charge on any atom is -0.389 e. The molecule has 5 nitrogen and oxygen atoms in total. The lowest BCUT2D eigenvalue weighted by Crippen LogP contribution is -2.35. The zero-order valence-corrected chi connectivity index (χ0v) is 12.9. The van der Waals surface area contributed by atoms with Gasteiger partial charge in [-0.1, -0.05) is 26.1 Å². The Labute approximate surface area is 124 Å². The fraction of sp³-hybridized carbons (Fsp3) is 0.500. The molecule has 1 rings (SSSR count). The highest BCUT2D eigenvalue weighted by Crippen LogP contribution is 2.18. The lowest BCUT2D eigenvalue weighted by atomic mass is 9.89. The van der Waals surface area contributed by atoms with Crippen molar-refractivity contribution in [2.75, 3.05) is 20.3 Å². The van der Waals surface area contributed by atoms with Gasteiger partial charge in [0.2, 0.25) is 0 Å². The van der Waals surface area contributed by atoms with Gasteiger partial charge in [0, 0.05) is 32.0 Å². The predicted octanol–water partition coefficient (Wildman–Crippen LogP) is 1.51. The van der Waals surface area contributed by atoms with E-state index < -0.39 is 0 Å². The van der Waals surface area contributed by atoms with Crippen LogP contribution in [0.15, 0.2) is 18.3 Å². The molecule has 1 aromatic rings. The van der Waals surface area contributed by atoms with Crippen LogP contribution in [0.5, 0.6) is 0 Å². The van der Waals surface area contributed by atoms with Crippen molar-refractivity contribution >= 4 is 23.1 Å². The molecule has 3 N–H and O–H groups in total. The van der Waals surface area contributed by atoms with Crippen LogP contribution in [0.1, 0.15) is 36.3 Å². The number of carbonyl (C=O) groups excluding carboxylic acids is 1. The van der Waals surface area contributed by atoms with E-state index in [9.17, 15) is 4.79 Å². The third-order valence-corrected chi connectivity index (χ3v) is 3.23. The highest BCUT2D eigenvalue weighted by molar-refractivity contribution is 7.80. The number of carbonyl (C=O) groups is 1. The summed E-state index contributed by atoms with van der Waals surface area (Å²) in [4.78, 5) is 16.3. The summed E-state index contributed by atoms with van der Waals surface area (Å²) in [6, 6.07) is 3.31. The molecule has 0 spiro atoms. The topological polar surface area (TPSA) is 77.2 Å². The SMILES string of the molecule is COCCC(C)(C)CNC(=O)c1ccc(C(N)=S)cn1. The Balaban J connectivity index is 2.56. The smallest absolute Gasteiger partial charge is 0.269 e. The number of ether oxygens (including phenoxy) is 1. The predicted molar refractivity (Wildman–Crippen MR) is 82.7 cm³/mol. The molecule has 0 aliphatic rings. The molecule has 0 saturated carbocycles. The number of methoxy groups -OCH3 is 1. The van der Waals surface area contributed by atoms with Crippen LogP contribution in [0.3, 0.4) is 0 Å². The van der Waals surface area contributed by atoms with E-state index in [2.05, 4.69) is 24.1 Å². The highest BCUT2D eigenvalue weighted by Gasteiger charge is 2.19. The normalized spacial score (nSPS) is 11.2. The van der Waals surface area contributed by atoms with Gasteiger partial charge in [0.05, 0.1) is 0 Å². The van der Waals surface area contributed by atoms with Crippen LogP contribution in [0.2, 0.25) is 0 Å². The number of aromatic nitrogens is 1. The van der Waals surface area contributed by atoms with Crippen LogP contribution in [0.25, 0.3) is 0 Å². The van der Waals surface area contributed by atoms with Gasteiger partial charge in [-0.3, -0.25) is 9.78 Å². The molecule has 1 aromatic heterocycles. The molecule has 0 unspecified atom stereocenters. The number of hydrogen-bond donors (Lipinski definition) is 2. The molecule has 20 heavy (non-hydrogen) atoms. The molecule has 0 atom stereocenters. The maximum Gasteiger partial charge on any atom is 0.269 e. The number of nitrogens with two attached hydrogens (primary N) is 1. The van der Waals surface area contributed by atoms with Gasteiger partial charge < -0.3 is 15.8 Å². The second-order valence-corrected chi connectivity index (χ2v) is 5.83. The first-order valence-electron chi connectivity index (χ1n) is 6.39. The Morgan fingerprint density at radius 3 is 2.70 bits per heavy atom. The Morgan fingerprint density at radius 2 is 2.20 bits per heavy atom. The largest absolute Gasteiger partial charge is 0.389 e. The van der Waals surface area contributed by atoms with E-state index in [0.29, 0.717) is 24.4 Å². The fourth-order valence-electron chi connectivity index (χ4n) is 1.55. The fourth-order valence-corrected chi connectivity index (χ4v) is 1.67. The summed E-state index contributed by atoms with van der Waals surface area (Å²) in [5.41, 5.74) is 6.46. The van der Waals surface area contributed by atoms with Crippen molar-refractivity contribution in [3.05, 3.63) is 29.6 Å². The molecule has 1 heterocycles. The number of amides is 1. The average Bonchev–Trinajstić information content (AvgIpc) is 2.43. The summed E-state index contributed by atoms with van der Waals surface area (Å²) in [6.07, 6.45) is 2.38. The lowest BCUT2D eigenvalue weighted by molar-refractivity contribution is 0.0916. The molecule has 0 fully saturated rings.